The van der Waals surface area contributed by atoms with E-state index in [1.807, 2.05) is 19.9 Å². The van der Waals surface area contributed by atoms with Crippen LogP contribution < -0.4 is 0 Å². The van der Waals surface area contributed by atoms with Crippen molar-refractivity contribution in [2.24, 2.45) is 0 Å². The third-order valence-electron chi connectivity index (χ3n) is 2.96. The molecule has 0 spiro atoms. The molecule has 1 atom stereocenters. The number of hydrogen-bond donors (Lipinski definition) is 1. The smallest absolute Gasteiger partial charge is 0.142 e. The summed E-state index contributed by atoms with van der Waals surface area (Å²) in [5.74, 6) is -0.445. The largest absolute Gasteiger partial charge is 0.387 e. The first kappa shape index (κ1) is 13.5. The summed E-state index contributed by atoms with van der Waals surface area (Å²) in [4.78, 5) is 2.08. The Morgan fingerprint density at radius 2 is 2.11 bits per heavy atom. The van der Waals surface area contributed by atoms with Crippen LogP contribution in [0.1, 0.15) is 27.0 Å². The molecule has 1 aromatic heterocycles. The molecule has 1 aromatic carbocycles. The van der Waals surface area contributed by atoms with Crippen molar-refractivity contribution < 1.29 is 9.50 Å². The van der Waals surface area contributed by atoms with E-state index in [-0.39, 0.29) is 5.02 Å². The van der Waals surface area contributed by atoms with Crippen LogP contribution in [0.4, 0.5) is 4.39 Å². The molecule has 0 radical (unpaired) electrons. The summed E-state index contributed by atoms with van der Waals surface area (Å²) < 4.78 is 13.3. The molecule has 0 aliphatic heterocycles. The van der Waals surface area contributed by atoms with E-state index in [9.17, 15) is 9.50 Å². The zero-order valence-corrected chi connectivity index (χ0v) is 11.8. The van der Waals surface area contributed by atoms with Crippen molar-refractivity contribution in [1.29, 1.82) is 0 Å². The van der Waals surface area contributed by atoms with Gasteiger partial charge in [-0.3, -0.25) is 0 Å². The summed E-state index contributed by atoms with van der Waals surface area (Å²) in [6, 6.07) is 6.63. The summed E-state index contributed by atoms with van der Waals surface area (Å²) in [6.45, 7) is 4.03. The number of aryl methyl sites for hydroxylation is 2. The summed E-state index contributed by atoms with van der Waals surface area (Å²) in [7, 11) is 0. The fraction of sp³-hybridized carbons (Fsp3) is 0.286. The molecule has 4 heteroatoms. The van der Waals surface area contributed by atoms with Gasteiger partial charge in [-0.1, -0.05) is 23.7 Å². The zero-order valence-electron chi connectivity index (χ0n) is 10.2. The van der Waals surface area contributed by atoms with Crippen LogP contribution in [0, 0.1) is 19.7 Å². The number of aliphatic hydroxyl groups is 1. The van der Waals surface area contributed by atoms with Crippen molar-refractivity contribution in [2.75, 3.05) is 0 Å². The van der Waals surface area contributed by atoms with Crippen LogP contribution in [-0.4, -0.2) is 5.11 Å². The van der Waals surface area contributed by atoms with E-state index in [2.05, 4.69) is 0 Å². The maximum absolute atomic E-state index is 13.3. The highest BCUT2D eigenvalue weighted by atomic mass is 35.5. The Morgan fingerprint density at radius 3 is 2.72 bits per heavy atom. The molecule has 0 aliphatic rings. The Labute approximate surface area is 115 Å². The van der Waals surface area contributed by atoms with Gasteiger partial charge in [0.1, 0.15) is 5.82 Å². The van der Waals surface area contributed by atoms with Crippen LogP contribution in [0.2, 0.25) is 5.02 Å². The van der Waals surface area contributed by atoms with Gasteiger partial charge in [-0.2, -0.15) is 0 Å². The van der Waals surface area contributed by atoms with Gasteiger partial charge in [-0.05, 0) is 37.1 Å². The van der Waals surface area contributed by atoms with Gasteiger partial charge in [-0.25, -0.2) is 4.39 Å². The molecular weight excluding hydrogens is 271 g/mol. The SMILES string of the molecule is Cc1cc(C(O)Cc2cccc(F)c2Cl)sc1C. The van der Waals surface area contributed by atoms with Crippen LogP contribution >= 0.6 is 22.9 Å². The Balaban J connectivity index is 2.21. The summed E-state index contributed by atoms with van der Waals surface area (Å²) >= 11 is 7.44. The lowest BCUT2D eigenvalue weighted by Crippen LogP contribution is -2.01. The van der Waals surface area contributed by atoms with Gasteiger partial charge in [0.25, 0.3) is 0 Å². The molecule has 0 amide bonds. The van der Waals surface area contributed by atoms with Gasteiger partial charge < -0.3 is 5.11 Å². The Bertz CT molecular complexity index is 545. The minimum Gasteiger partial charge on any atom is -0.387 e. The minimum atomic E-state index is -0.637. The molecular formula is C14H14ClFOS. The van der Waals surface area contributed by atoms with E-state index in [0.29, 0.717) is 12.0 Å². The average Bonchev–Trinajstić information content (AvgIpc) is 2.66. The van der Waals surface area contributed by atoms with Crippen LogP contribution in [0.5, 0.6) is 0 Å². The molecule has 2 aromatic rings. The number of aliphatic hydroxyl groups excluding tert-OH is 1. The fourth-order valence-electron chi connectivity index (χ4n) is 1.78. The van der Waals surface area contributed by atoms with Gasteiger partial charge in [0.15, 0.2) is 0 Å². The lowest BCUT2D eigenvalue weighted by Gasteiger charge is -2.10. The lowest BCUT2D eigenvalue weighted by molar-refractivity contribution is 0.182. The third kappa shape index (κ3) is 2.74. The highest BCUT2D eigenvalue weighted by Gasteiger charge is 2.15. The molecule has 0 saturated heterocycles. The second-order valence-electron chi connectivity index (χ2n) is 4.32. The van der Waals surface area contributed by atoms with Crippen molar-refractivity contribution in [1.82, 2.24) is 0 Å². The minimum absolute atomic E-state index is 0.0987. The first-order valence-corrected chi connectivity index (χ1v) is 6.86. The Kier molecular flexibility index (Phi) is 4.05. The second kappa shape index (κ2) is 5.39. The lowest BCUT2D eigenvalue weighted by atomic mass is 10.1. The van der Waals surface area contributed by atoms with Crippen molar-refractivity contribution in [2.45, 2.75) is 26.4 Å². The molecule has 1 heterocycles. The molecule has 1 nitrogen and oxygen atoms in total. The predicted molar refractivity (Wildman–Crippen MR) is 73.9 cm³/mol. The monoisotopic (exact) mass is 284 g/mol. The van der Waals surface area contributed by atoms with Gasteiger partial charge in [0.2, 0.25) is 0 Å². The highest BCUT2D eigenvalue weighted by Crippen LogP contribution is 2.30. The molecule has 0 saturated carbocycles. The van der Waals surface area contributed by atoms with Crippen molar-refractivity contribution in [3.05, 3.63) is 56.0 Å². The van der Waals surface area contributed by atoms with E-state index in [0.717, 1.165) is 4.88 Å². The van der Waals surface area contributed by atoms with Crippen molar-refractivity contribution >= 4 is 22.9 Å². The average molecular weight is 285 g/mol. The van der Waals surface area contributed by atoms with Gasteiger partial charge >= 0.3 is 0 Å². The van der Waals surface area contributed by atoms with Gasteiger partial charge in [0.05, 0.1) is 11.1 Å². The standard InChI is InChI=1S/C14H14ClFOS/c1-8-6-13(18-9(8)2)12(17)7-10-4-3-5-11(16)14(10)15/h3-6,12,17H,7H2,1-2H3. The molecule has 1 unspecified atom stereocenters. The number of thiophene rings is 1. The molecule has 0 bridgehead atoms. The molecule has 2 rings (SSSR count). The van der Waals surface area contributed by atoms with E-state index in [1.165, 1.54) is 16.5 Å². The van der Waals surface area contributed by atoms with E-state index in [4.69, 9.17) is 11.6 Å². The first-order valence-electron chi connectivity index (χ1n) is 5.67. The van der Waals surface area contributed by atoms with Gasteiger partial charge in [-0.15, -0.1) is 11.3 Å². The van der Waals surface area contributed by atoms with Crippen molar-refractivity contribution in [3.8, 4) is 0 Å². The molecule has 1 N–H and O–H groups in total. The van der Waals surface area contributed by atoms with E-state index < -0.39 is 11.9 Å². The van der Waals surface area contributed by atoms with Gasteiger partial charge in [0, 0.05) is 16.2 Å². The third-order valence-corrected chi connectivity index (χ3v) is 4.64. The number of benzene rings is 1. The van der Waals surface area contributed by atoms with E-state index >= 15 is 0 Å². The maximum atomic E-state index is 13.3. The quantitative estimate of drug-likeness (QED) is 0.884. The Hall–Kier alpha value is -0.900. The topological polar surface area (TPSA) is 20.2 Å². The molecule has 0 aliphatic carbocycles. The summed E-state index contributed by atoms with van der Waals surface area (Å²) in [5.41, 5.74) is 1.80. The number of halogens is 2. The second-order valence-corrected chi connectivity index (χ2v) is 5.99. The normalized spacial score (nSPS) is 12.7. The molecule has 18 heavy (non-hydrogen) atoms. The predicted octanol–water partition coefficient (Wildman–Crippen LogP) is 4.43. The maximum Gasteiger partial charge on any atom is 0.142 e. The first-order chi connectivity index (χ1) is 8.49. The van der Waals surface area contributed by atoms with Crippen LogP contribution in [0.25, 0.3) is 0 Å². The van der Waals surface area contributed by atoms with Crippen LogP contribution in [-0.2, 0) is 6.42 Å². The number of hydrogen-bond acceptors (Lipinski definition) is 2. The molecule has 0 fully saturated rings. The zero-order chi connectivity index (χ0) is 13.3. The summed E-state index contributed by atoms with van der Waals surface area (Å²) in [5, 5.41) is 10.3. The van der Waals surface area contributed by atoms with Crippen LogP contribution in [0.3, 0.4) is 0 Å². The summed E-state index contributed by atoms with van der Waals surface area (Å²) in [6.07, 6.45) is -0.308. The van der Waals surface area contributed by atoms with E-state index in [1.54, 1.807) is 23.5 Å². The number of rotatable bonds is 3. The highest BCUT2D eigenvalue weighted by molar-refractivity contribution is 7.12. The van der Waals surface area contributed by atoms with Crippen molar-refractivity contribution in [3.63, 3.8) is 0 Å². The fourth-order valence-corrected chi connectivity index (χ4v) is 3.01. The Morgan fingerprint density at radius 1 is 1.39 bits per heavy atom. The van der Waals surface area contributed by atoms with Crippen LogP contribution in [0.15, 0.2) is 24.3 Å². The molecule has 96 valence electrons.